The fourth-order valence-corrected chi connectivity index (χ4v) is 2.97. The van der Waals surface area contributed by atoms with E-state index in [9.17, 15) is 4.79 Å². The van der Waals surface area contributed by atoms with Gasteiger partial charge in [0.1, 0.15) is 12.4 Å². The van der Waals surface area contributed by atoms with Gasteiger partial charge in [0.05, 0.1) is 17.1 Å². The number of halogens is 1. The zero-order valence-electron chi connectivity index (χ0n) is 14.2. The van der Waals surface area contributed by atoms with Crippen molar-refractivity contribution in [3.8, 4) is 0 Å². The van der Waals surface area contributed by atoms with Crippen molar-refractivity contribution in [3.05, 3.63) is 64.9 Å². The Kier molecular flexibility index (Phi) is 5.36. The van der Waals surface area contributed by atoms with Gasteiger partial charge in [-0.1, -0.05) is 35.9 Å². The maximum Gasteiger partial charge on any atom is 0.246 e. The monoisotopic (exact) mass is 357 g/mol. The molecule has 0 aliphatic heterocycles. The predicted molar refractivity (Wildman–Crippen MR) is 98.7 cm³/mol. The Morgan fingerprint density at radius 2 is 1.96 bits per heavy atom. The minimum atomic E-state index is -0.234. The Bertz CT molecular complexity index is 874. The summed E-state index contributed by atoms with van der Waals surface area (Å²) in [5.41, 5.74) is 3.05. The number of aromatic nitrogens is 2. The van der Waals surface area contributed by atoms with Crippen LogP contribution in [0.15, 0.2) is 48.5 Å². The molecule has 1 unspecified atom stereocenters. The van der Waals surface area contributed by atoms with E-state index in [2.05, 4.69) is 9.88 Å². The normalized spacial score (nSPS) is 12.3. The van der Waals surface area contributed by atoms with Gasteiger partial charge in [0.25, 0.3) is 0 Å². The SMILES string of the molecule is COCC(=O)NC(C)c1nc2ccccc2n1Cc1ccc(Cl)cc1. The number of imidazole rings is 1. The molecule has 130 valence electrons. The number of carbonyl (C=O) groups excluding carboxylic acids is 1. The van der Waals surface area contributed by atoms with E-state index < -0.39 is 0 Å². The van der Waals surface area contributed by atoms with Gasteiger partial charge in [-0.25, -0.2) is 4.98 Å². The molecule has 3 rings (SSSR count). The molecule has 1 atom stereocenters. The Morgan fingerprint density at radius 3 is 2.68 bits per heavy atom. The average molecular weight is 358 g/mol. The number of rotatable bonds is 6. The second kappa shape index (κ2) is 7.68. The van der Waals surface area contributed by atoms with E-state index in [-0.39, 0.29) is 18.6 Å². The summed E-state index contributed by atoms with van der Waals surface area (Å²) in [5.74, 6) is 0.640. The third-order valence-electron chi connectivity index (χ3n) is 3.98. The minimum Gasteiger partial charge on any atom is -0.375 e. The van der Waals surface area contributed by atoms with Gasteiger partial charge < -0.3 is 14.6 Å². The highest BCUT2D eigenvalue weighted by molar-refractivity contribution is 6.30. The molecule has 0 saturated heterocycles. The number of hydrogen-bond acceptors (Lipinski definition) is 3. The summed E-state index contributed by atoms with van der Waals surface area (Å²) in [6.45, 7) is 2.60. The van der Waals surface area contributed by atoms with Crippen LogP contribution in [0.4, 0.5) is 0 Å². The quantitative estimate of drug-likeness (QED) is 0.733. The molecule has 1 amide bonds. The first kappa shape index (κ1) is 17.5. The van der Waals surface area contributed by atoms with Crippen LogP contribution in [0.2, 0.25) is 5.02 Å². The van der Waals surface area contributed by atoms with E-state index in [1.807, 2.05) is 55.5 Å². The third kappa shape index (κ3) is 4.00. The summed E-state index contributed by atoms with van der Waals surface area (Å²) in [6.07, 6.45) is 0. The molecule has 1 aromatic heterocycles. The zero-order valence-corrected chi connectivity index (χ0v) is 15.0. The Morgan fingerprint density at radius 1 is 1.24 bits per heavy atom. The van der Waals surface area contributed by atoms with Crippen LogP contribution in [0.3, 0.4) is 0 Å². The van der Waals surface area contributed by atoms with E-state index in [1.165, 1.54) is 7.11 Å². The minimum absolute atomic E-state index is 0.0295. The van der Waals surface area contributed by atoms with Gasteiger partial charge in [0.15, 0.2) is 0 Å². The second-order valence-electron chi connectivity index (χ2n) is 5.89. The highest BCUT2D eigenvalue weighted by Crippen LogP contribution is 2.22. The lowest BCUT2D eigenvalue weighted by Crippen LogP contribution is -2.31. The van der Waals surface area contributed by atoms with Crippen molar-refractivity contribution in [3.63, 3.8) is 0 Å². The number of carbonyl (C=O) groups is 1. The molecule has 6 heteroatoms. The Labute approximate surface area is 151 Å². The molecule has 0 fully saturated rings. The number of hydrogen-bond donors (Lipinski definition) is 1. The molecule has 1 heterocycles. The molecule has 0 bridgehead atoms. The number of ether oxygens (including phenoxy) is 1. The van der Waals surface area contributed by atoms with Gasteiger partial charge in [-0.3, -0.25) is 4.79 Å². The first-order valence-electron chi connectivity index (χ1n) is 8.06. The second-order valence-corrected chi connectivity index (χ2v) is 6.33. The van der Waals surface area contributed by atoms with E-state index >= 15 is 0 Å². The third-order valence-corrected chi connectivity index (χ3v) is 4.23. The van der Waals surface area contributed by atoms with E-state index in [0.29, 0.717) is 11.6 Å². The lowest BCUT2D eigenvalue weighted by atomic mass is 10.2. The fourth-order valence-electron chi connectivity index (χ4n) is 2.84. The number of amides is 1. The number of methoxy groups -OCH3 is 1. The van der Waals surface area contributed by atoms with Crippen LogP contribution in [-0.4, -0.2) is 29.2 Å². The van der Waals surface area contributed by atoms with Gasteiger partial charge in [-0.05, 0) is 36.8 Å². The first-order chi connectivity index (χ1) is 12.1. The molecule has 1 N–H and O–H groups in total. The van der Waals surface area contributed by atoms with Gasteiger partial charge in [0, 0.05) is 18.7 Å². The smallest absolute Gasteiger partial charge is 0.246 e. The van der Waals surface area contributed by atoms with Crippen LogP contribution >= 0.6 is 11.6 Å². The van der Waals surface area contributed by atoms with Crippen molar-refractivity contribution in [1.29, 1.82) is 0 Å². The van der Waals surface area contributed by atoms with Gasteiger partial charge in [-0.15, -0.1) is 0 Å². The molecule has 0 spiro atoms. The Balaban J connectivity index is 1.96. The van der Waals surface area contributed by atoms with Crippen LogP contribution in [-0.2, 0) is 16.1 Å². The number of nitrogens with zero attached hydrogens (tertiary/aromatic N) is 2. The van der Waals surface area contributed by atoms with E-state index in [1.54, 1.807) is 0 Å². The summed E-state index contributed by atoms with van der Waals surface area (Å²) in [5, 5.41) is 3.63. The van der Waals surface area contributed by atoms with Gasteiger partial charge in [0.2, 0.25) is 5.91 Å². The number of nitrogens with one attached hydrogen (secondary N) is 1. The highest BCUT2D eigenvalue weighted by Gasteiger charge is 2.18. The predicted octanol–water partition coefficient (Wildman–Crippen LogP) is 3.56. The van der Waals surface area contributed by atoms with Crippen molar-refractivity contribution in [1.82, 2.24) is 14.9 Å². The average Bonchev–Trinajstić information content (AvgIpc) is 2.96. The van der Waals surface area contributed by atoms with Crippen LogP contribution in [0, 0.1) is 0 Å². The van der Waals surface area contributed by atoms with Crippen molar-refractivity contribution in [2.45, 2.75) is 19.5 Å². The molecule has 25 heavy (non-hydrogen) atoms. The molecule has 0 aliphatic rings. The zero-order chi connectivity index (χ0) is 17.8. The number of benzene rings is 2. The van der Waals surface area contributed by atoms with Crippen molar-refractivity contribution >= 4 is 28.5 Å². The molecule has 0 saturated carbocycles. The van der Waals surface area contributed by atoms with Crippen LogP contribution in [0.5, 0.6) is 0 Å². The summed E-state index contributed by atoms with van der Waals surface area (Å²) in [6, 6.07) is 15.5. The topological polar surface area (TPSA) is 56.1 Å². The maximum absolute atomic E-state index is 11.9. The standard InChI is InChI=1S/C19H20ClN3O2/c1-13(21-18(24)12-25-2)19-22-16-5-3-4-6-17(16)23(19)11-14-7-9-15(20)10-8-14/h3-10,13H,11-12H2,1-2H3,(H,21,24). The lowest BCUT2D eigenvalue weighted by molar-refractivity contribution is -0.125. The van der Waals surface area contributed by atoms with Crippen molar-refractivity contribution in [2.24, 2.45) is 0 Å². The van der Waals surface area contributed by atoms with E-state index in [4.69, 9.17) is 21.3 Å². The highest BCUT2D eigenvalue weighted by atomic mass is 35.5. The molecule has 5 nitrogen and oxygen atoms in total. The van der Waals surface area contributed by atoms with Gasteiger partial charge in [-0.2, -0.15) is 0 Å². The largest absolute Gasteiger partial charge is 0.375 e. The van der Waals surface area contributed by atoms with Crippen molar-refractivity contribution in [2.75, 3.05) is 13.7 Å². The summed E-state index contributed by atoms with van der Waals surface area (Å²) in [7, 11) is 1.50. The van der Waals surface area contributed by atoms with Crippen LogP contribution in [0.25, 0.3) is 11.0 Å². The maximum atomic E-state index is 11.9. The summed E-state index contributed by atoms with van der Waals surface area (Å²) < 4.78 is 7.01. The molecular formula is C19H20ClN3O2. The number of para-hydroxylation sites is 2. The molecule has 0 aliphatic carbocycles. The lowest BCUT2D eigenvalue weighted by Gasteiger charge is -2.16. The summed E-state index contributed by atoms with van der Waals surface area (Å²) in [4.78, 5) is 16.6. The fraction of sp³-hybridized carbons (Fsp3) is 0.263. The first-order valence-corrected chi connectivity index (χ1v) is 8.44. The molecule has 3 aromatic rings. The Hall–Kier alpha value is -2.37. The van der Waals surface area contributed by atoms with Gasteiger partial charge >= 0.3 is 0 Å². The molecular weight excluding hydrogens is 338 g/mol. The molecule has 0 radical (unpaired) electrons. The summed E-state index contributed by atoms with van der Waals surface area (Å²) >= 11 is 5.98. The van der Waals surface area contributed by atoms with E-state index in [0.717, 1.165) is 22.4 Å². The molecule has 2 aromatic carbocycles. The van der Waals surface area contributed by atoms with Crippen LogP contribution in [0.1, 0.15) is 24.4 Å². The number of fused-ring (bicyclic) bond motifs is 1. The van der Waals surface area contributed by atoms with Crippen molar-refractivity contribution < 1.29 is 9.53 Å². The van der Waals surface area contributed by atoms with Crippen LogP contribution < -0.4 is 5.32 Å².